The molecule has 0 spiro atoms. The van der Waals surface area contributed by atoms with E-state index in [1.165, 1.54) is 11.6 Å². The van der Waals surface area contributed by atoms with Crippen LogP contribution in [0.15, 0.2) is 36.4 Å². The van der Waals surface area contributed by atoms with Crippen LogP contribution in [-0.2, 0) is 9.53 Å². The van der Waals surface area contributed by atoms with Crippen LogP contribution in [0.1, 0.15) is 55.7 Å². The van der Waals surface area contributed by atoms with Gasteiger partial charge in [0.25, 0.3) is 5.91 Å². The molecule has 1 aromatic heterocycles. The topological polar surface area (TPSA) is 102 Å². The third-order valence-corrected chi connectivity index (χ3v) is 4.24. The number of amides is 3. The van der Waals surface area contributed by atoms with E-state index in [2.05, 4.69) is 15.7 Å². The molecule has 0 bridgehead atoms. The lowest BCUT2D eigenvalue weighted by Gasteiger charge is -2.14. The molecule has 3 amide bonds. The number of aromatic nitrogens is 2. The maximum atomic E-state index is 12.7. The molecule has 2 N–H and O–H groups in total. The van der Waals surface area contributed by atoms with Gasteiger partial charge in [-0.2, -0.15) is 5.10 Å². The number of ether oxygens (including phenoxy) is 1. The van der Waals surface area contributed by atoms with Gasteiger partial charge in [0, 0.05) is 12.0 Å². The van der Waals surface area contributed by atoms with Crippen molar-refractivity contribution in [1.29, 1.82) is 0 Å². The Morgan fingerprint density at radius 2 is 1.82 bits per heavy atom. The number of esters is 1. The van der Waals surface area contributed by atoms with Gasteiger partial charge in [0.15, 0.2) is 11.8 Å². The third kappa shape index (κ3) is 4.76. The lowest BCUT2D eigenvalue weighted by atomic mass is 10.2. The molecule has 3 rings (SSSR count). The first-order valence-corrected chi connectivity index (χ1v) is 9.33. The molecular weight excluding hydrogens is 360 g/mol. The van der Waals surface area contributed by atoms with E-state index in [-0.39, 0.29) is 11.7 Å². The maximum absolute atomic E-state index is 12.7. The molecule has 1 fully saturated rings. The number of urea groups is 1. The van der Waals surface area contributed by atoms with Crippen molar-refractivity contribution in [2.75, 3.05) is 0 Å². The van der Waals surface area contributed by atoms with Crippen molar-refractivity contribution in [1.82, 2.24) is 20.4 Å². The number of carbonyl (C=O) groups excluding carboxylic acids is 3. The van der Waals surface area contributed by atoms with Crippen molar-refractivity contribution in [3.05, 3.63) is 47.8 Å². The predicted molar refractivity (Wildman–Crippen MR) is 102 cm³/mol. The van der Waals surface area contributed by atoms with E-state index in [1.54, 1.807) is 19.9 Å². The van der Waals surface area contributed by atoms with E-state index in [9.17, 15) is 14.4 Å². The molecule has 148 valence electrons. The Bertz CT molecular complexity index is 872. The molecule has 8 nitrogen and oxygen atoms in total. The van der Waals surface area contributed by atoms with E-state index in [0.29, 0.717) is 5.92 Å². The van der Waals surface area contributed by atoms with Crippen molar-refractivity contribution in [2.45, 2.75) is 51.7 Å². The van der Waals surface area contributed by atoms with Gasteiger partial charge in [-0.1, -0.05) is 18.2 Å². The Hall–Kier alpha value is -3.16. The molecule has 1 aliphatic rings. The molecular formula is C20H24N4O4. The monoisotopic (exact) mass is 384 g/mol. The number of hydrogen-bond donors (Lipinski definition) is 2. The summed E-state index contributed by atoms with van der Waals surface area (Å²) in [5.74, 6) is -1.01. The van der Waals surface area contributed by atoms with Gasteiger partial charge in [-0.15, -0.1) is 0 Å². The summed E-state index contributed by atoms with van der Waals surface area (Å²) in [4.78, 5) is 36.5. The zero-order chi connectivity index (χ0) is 20.3. The number of hydrogen-bond acceptors (Lipinski definition) is 5. The first-order valence-electron chi connectivity index (χ1n) is 9.33. The normalized spacial score (nSPS) is 14.4. The van der Waals surface area contributed by atoms with Crippen LogP contribution in [0.4, 0.5) is 4.79 Å². The number of imide groups is 1. The number of carbonyl (C=O) groups is 3. The van der Waals surface area contributed by atoms with E-state index < -0.39 is 24.0 Å². The van der Waals surface area contributed by atoms with Crippen molar-refractivity contribution in [3.8, 4) is 5.69 Å². The predicted octanol–water partition coefficient (Wildman–Crippen LogP) is 2.53. The van der Waals surface area contributed by atoms with Gasteiger partial charge >= 0.3 is 12.0 Å². The molecule has 1 aliphatic carbocycles. The maximum Gasteiger partial charge on any atom is 0.357 e. The fourth-order valence-electron chi connectivity index (χ4n) is 2.68. The summed E-state index contributed by atoms with van der Waals surface area (Å²) < 4.78 is 6.82. The number of benzene rings is 1. The number of para-hydroxylation sites is 1. The SMILES string of the molecule is CC(C)NC(=O)NC(=O)[C@H](C)OC(=O)c1cc(C2CC2)nn1-c1ccccc1. The van der Waals surface area contributed by atoms with Gasteiger partial charge in [0.05, 0.1) is 11.4 Å². The van der Waals surface area contributed by atoms with Crippen LogP contribution in [-0.4, -0.2) is 39.8 Å². The lowest BCUT2D eigenvalue weighted by Crippen LogP contribution is -2.46. The van der Waals surface area contributed by atoms with Crippen LogP contribution in [0.5, 0.6) is 0 Å². The zero-order valence-electron chi connectivity index (χ0n) is 16.1. The second-order valence-electron chi connectivity index (χ2n) is 7.14. The Morgan fingerprint density at radius 1 is 1.14 bits per heavy atom. The summed E-state index contributed by atoms with van der Waals surface area (Å²) in [6.45, 7) is 4.96. The molecule has 0 unspecified atom stereocenters. The molecule has 8 heteroatoms. The molecule has 1 aromatic carbocycles. The molecule has 0 radical (unpaired) electrons. The Morgan fingerprint density at radius 3 is 2.43 bits per heavy atom. The number of rotatable bonds is 6. The van der Waals surface area contributed by atoms with E-state index in [4.69, 9.17) is 4.74 Å². The van der Waals surface area contributed by atoms with E-state index >= 15 is 0 Å². The second kappa shape index (κ2) is 8.24. The third-order valence-electron chi connectivity index (χ3n) is 4.24. The molecule has 1 saturated carbocycles. The highest BCUT2D eigenvalue weighted by atomic mass is 16.5. The first kappa shape index (κ1) is 19.6. The molecule has 0 saturated heterocycles. The van der Waals surface area contributed by atoms with Gasteiger partial charge in [0.2, 0.25) is 0 Å². The van der Waals surface area contributed by atoms with Crippen molar-refractivity contribution < 1.29 is 19.1 Å². The fraction of sp³-hybridized carbons (Fsp3) is 0.400. The van der Waals surface area contributed by atoms with Crippen molar-refractivity contribution >= 4 is 17.9 Å². The summed E-state index contributed by atoms with van der Waals surface area (Å²) in [6, 6.07) is 10.2. The highest BCUT2D eigenvalue weighted by molar-refractivity contribution is 5.98. The van der Waals surface area contributed by atoms with Crippen molar-refractivity contribution in [3.63, 3.8) is 0 Å². The molecule has 1 atom stereocenters. The smallest absolute Gasteiger partial charge is 0.357 e. The van der Waals surface area contributed by atoms with Gasteiger partial charge in [0.1, 0.15) is 0 Å². The van der Waals surface area contributed by atoms with Crippen LogP contribution >= 0.6 is 0 Å². The number of nitrogens with one attached hydrogen (secondary N) is 2. The minimum Gasteiger partial charge on any atom is -0.448 e. The second-order valence-corrected chi connectivity index (χ2v) is 7.14. The van der Waals surface area contributed by atoms with Gasteiger partial charge < -0.3 is 10.1 Å². The average Bonchev–Trinajstić information content (AvgIpc) is 3.39. The highest BCUT2D eigenvalue weighted by Crippen LogP contribution is 2.39. The molecule has 0 aliphatic heterocycles. The first-order chi connectivity index (χ1) is 13.3. The fourth-order valence-corrected chi connectivity index (χ4v) is 2.68. The standard InChI is InChI=1S/C20H24N4O4/c1-12(2)21-20(27)22-18(25)13(3)28-19(26)17-11-16(14-9-10-14)23-24(17)15-7-5-4-6-8-15/h4-8,11-14H,9-10H2,1-3H3,(H2,21,22,25,27)/t13-/m0/s1. The minimum atomic E-state index is -1.13. The molecule has 28 heavy (non-hydrogen) atoms. The number of nitrogens with zero attached hydrogens (tertiary/aromatic N) is 2. The Balaban J connectivity index is 1.73. The van der Waals surface area contributed by atoms with Crippen molar-refractivity contribution in [2.24, 2.45) is 0 Å². The summed E-state index contributed by atoms with van der Waals surface area (Å²) in [5, 5.41) is 9.25. The lowest BCUT2D eigenvalue weighted by molar-refractivity contribution is -0.127. The van der Waals surface area contributed by atoms with Crippen LogP contribution in [0, 0.1) is 0 Å². The molecule has 2 aromatic rings. The highest BCUT2D eigenvalue weighted by Gasteiger charge is 2.30. The van der Waals surface area contributed by atoms with Gasteiger partial charge in [-0.25, -0.2) is 14.3 Å². The quantitative estimate of drug-likeness (QED) is 0.745. The summed E-state index contributed by atoms with van der Waals surface area (Å²) in [6.07, 6.45) is 0.961. The van der Waals surface area contributed by atoms with Gasteiger partial charge in [-0.05, 0) is 51.8 Å². The summed E-state index contributed by atoms with van der Waals surface area (Å²) >= 11 is 0. The van der Waals surface area contributed by atoms with Gasteiger partial charge in [-0.3, -0.25) is 10.1 Å². The van der Waals surface area contributed by atoms with Crippen LogP contribution < -0.4 is 10.6 Å². The minimum absolute atomic E-state index is 0.119. The van der Waals surface area contributed by atoms with E-state index in [0.717, 1.165) is 24.2 Å². The summed E-state index contributed by atoms with van der Waals surface area (Å²) in [7, 11) is 0. The molecule has 1 heterocycles. The largest absolute Gasteiger partial charge is 0.448 e. The van der Waals surface area contributed by atoms with Crippen LogP contribution in [0.25, 0.3) is 5.69 Å². The Kier molecular flexibility index (Phi) is 5.77. The van der Waals surface area contributed by atoms with Crippen LogP contribution in [0.2, 0.25) is 0 Å². The van der Waals surface area contributed by atoms with E-state index in [1.807, 2.05) is 30.3 Å². The van der Waals surface area contributed by atoms with Crippen LogP contribution in [0.3, 0.4) is 0 Å². The Labute approximate surface area is 163 Å². The zero-order valence-corrected chi connectivity index (χ0v) is 16.1. The average molecular weight is 384 g/mol. The summed E-state index contributed by atoms with van der Waals surface area (Å²) in [5.41, 5.74) is 1.82.